The van der Waals surface area contributed by atoms with E-state index in [9.17, 15) is 4.79 Å². The van der Waals surface area contributed by atoms with E-state index in [1.807, 2.05) is 0 Å². The minimum absolute atomic E-state index is 0.265. The van der Waals surface area contributed by atoms with Gasteiger partial charge in [0.1, 0.15) is 6.61 Å². The predicted molar refractivity (Wildman–Crippen MR) is 124 cm³/mol. The predicted octanol–water partition coefficient (Wildman–Crippen LogP) is 6.77. The molecule has 0 rings (SSSR count). The summed E-state index contributed by atoms with van der Waals surface area (Å²) in [7, 11) is 0. The van der Waals surface area contributed by atoms with Crippen LogP contribution in [0.15, 0.2) is 0 Å². The van der Waals surface area contributed by atoms with Crippen molar-refractivity contribution in [3.63, 3.8) is 0 Å². The highest BCUT2D eigenvalue weighted by Gasteiger charge is 1.97. The molecule has 0 atom stereocenters. The van der Waals surface area contributed by atoms with Crippen molar-refractivity contribution in [2.75, 3.05) is 39.6 Å². The van der Waals surface area contributed by atoms with Crippen molar-refractivity contribution in [1.29, 1.82) is 0 Å². The first-order valence-electron chi connectivity index (χ1n) is 12.7. The summed E-state index contributed by atoms with van der Waals surface area (Å²) in [5.41, 5.74) is 0. The molecular weight excluding hydrogens is 380 g/mol. The lowest BCUT2D eigenvalue weighted by atomic mass is 10.0. The number of hydrogen-bond donors (Lipinski definition) is 1. The zero-order valence-electron chi connectivity index (χ0n) is 19.8. The fourth-order valence-electron chi connectivity index (χ4n) is 3.53. The van der Waals surface area contributed by atoms with Gasteiger partial charge in [-0.1, -0.05) is 110 Å². The average Bonchev–Trinajstić information content (AvgIpc) is 2.73. The molecule has 0 aliphatic heterocycles. The largest absolute Gasteiger partial charge is 0.480 e. The molecule has 0 bridgehead atoms. The molecule has 0 fully saturated rings. The number of carbonyl (C=O) groups is 1. The third-order valence-corrected chi connectivity index (χ3v) is 5.36. The molecule has 0 aliphatic rings. The lowest BCUT2D eigenvalue weighted by Gasteiger charge is -2.06. The van der Waals surface area contributed by atoms with Gasteiger partial charge in [-0.2, -0.15) is 0 Å². The number of carboxylic acids is 1. The molecule has 0 aliphatic carbocycles. The first kappa shape index (κ1) is 29.4. The highest BCUT2D eigenvalue weighted by Crippen LogP contribution is 2.14. The van der Waals surface area contributed by atoms with Gasteiger partial charge in [0, 0.05) is 6.61 Å². The molecule has 180 valence electrons. The molecule has 0 unspecified atom stereocenters. The van der Waals surface area contributed by atoms with Gasteiger partial charge >= 0.3 is 5.97 Å². The lowest BCUT2D eigenvalue weighted by molar-refractivity contribution is -0.142. The highest BCUT2D eigenvalue weighted by molar-refractivity contribution is 5.67. The summed E-state index contributed by atoms with van der Waals surface area (Å²) in [5.74, 6) is -0.951. The molecule has 0 spiro atoms. The van der Waals surface area contributed by atoms with E-state index >= 15 is 0 Å². The van der Waals surface area contributed by atoms with E-state index in [2.05, 4.69) is 6.92 Å². The Hall–Kier alpha value is -0.650. The fourth-order valence-corrected chi connectivity index (χ4v) is 3.53. The van der Waals surface area contributed by atoms with E-state index in [0.29, 0.717) is 26.4 Å². The number of ether oxygens (including phenoxy) is 3. The van der Waals surface area contributed by atoms with Crippen molar-refractivity contribution in [2.45, 2.75) is 116 Å². The number of rotatable bonds is 26. The van der Waals surface area contributed by atoms with Crippen LogP contribution >= 0.6 is 0 Å². The molecule has 0 radical (unpaired) electrons. The molecule has 0 saturated heterocycles. The van der Waals surface area contributed by atoms with E-state index in [4.69, 9.17) is 19.3 Å². The Morgan fingerprint density at radius 1 is 0.500 bits per heavy atom. The lowest BCUT2D eigenvalue weighted by Crippen LogP contribution is -2.13. The van der Waals surface area contributed by atoms with Crippen LogP contribution in [0.4, 0.5) is 0 Å². The van der Waals surface area contributed by atoms with Crippen molar-refractivity contribution in [3.05, 3.63) is 0 Å². The maximum Gasteiger partial charge on any atom is 0.329 e. The average molecular weight is 431 g/mol. The number of aliphatic carboxylic acids is 1. The van der Waals surface area contributed by atoms with E-state index in [1.165, 1.54) is 103 Å². The van der Waals surface area contributed by atoms with Crippen LogP contribution in [0.1, 0.15) is 116 Å². The molecule has 5 nitrogen and oxygen atoms in total. The van der Waals surface area contributed by atoms with Crippen molar-refractivity contribution in [2.24, 2.45) is 0 Å². The quantitative estimate of drug-likeness (QED) is 0.153. The number of hydrogen-bond acceptors (Lipinski definition) is 4. The van der Waals surface area contributed by atoms with Crippen LogP contribution in [-0.4, -0.2) is 50.7 Å². The summed E-state index contributed by atoms with van der Waals surface area (Å²) in [6, 6.07) is 0. The van der Waals surface area contributed by atoms with Gasteiger partial charge in [-0.25, -0.2) is 4.79 Å². The van der Waals surface area contributed by atoms with Crippen molar-refractivity contribution >= 4 is 5.97 Å². The van der Waals surface area contributed by atoms with E-state index in [-0.39, 0.29) is 6.61 Å². The molecule has 0 aromatic heterocycles. The Labute approximate surface area is 186 Å². The second kappa shape index (κ2) is 26.4. The summed E-state index contributed by atoms with van der Waals surface area (Å²) in [6.45, 7) is 4.68. The summed E-state index contributed by atoms with van der Waals surface area (Å²) in [6.07, 6.45) is 23.6. The van der Waals surface area contributed by atoms with Crippen LogP contribution in [0.5, 0.6) is 0 Å². The third kappa shape index (κ3) is 27.4. The summed E-state index contributed by atoms with van der Waals surface area (Å²) in [4.78, 5) is 10.2. The van der Waals surface area contributed by atoms with Crippen LogP contribution < -0.4 is 0 Å². The summed E-state index contributed by atoms with van der Waals surface area (Å²) in [5, 5.41) is 8.41. The van der Waals surface area contributed by atoms with Crippen molar-refractivity contribution < 1.29 is 24.1 Å². The topological polar surface area (TPSA) is 65.0 Å². The zero-order chi connectivity index (χ0) is 22.0. The first-order chi connectivity index (χ1) is 14.8. The fraction of sp³-hybridized carbons (Fsp3) is 0.960. The van der Waals surface area contributed by atoms with Crippen LogP contribution in [0.25, 0.3) is 0 Å². The smallest absolute Gasteiger partial charge is 0.329 e. The maximum absolute atomic E-state index is 10.2. The van der Waals surface area contributed by atoms with Gasteiger partial charge < -0.3 is 19.3 Å². The van der Waals surface area contributed by atoms with Crippen LogP contribution in [0.2, 0.25) is 0 Å². The Balaban J connectivity index is 2.99. The highest BCUT2D eigenvalue weighted by atomic mass is 16.5. The Morgan fingerprint density at radius 3 is 1.23 bits per heavy atom. The van der Waals surface area contributed by atoms with E-state index in [1.54, 1.807) is 0 Å². The minimum Gasteiger partial charge on any atom is -0.480 e. The standard InChI is InChI=1S/C25H50O5/c1-2-3-4-5-6-7-8-9-10-11-12-13-14-15-16-17-18-19-28-20-21-29-22-23-30-24-25(26)27/h2-24H2,1H3,(H,26,27). The van der Waals surface area contributed by atoms with Gasteiger partial charge in [0.2, 0.25) is 0 Å². The Bertz CT molecular complexity index is 336. The minimum atomic E-state index is -0.951. The Morgan fingerprint density at radius 2 is 0.833 bits per heavy atom. The SMILES string of the molecule is CCCCCCCCCCCCCCCCCCCOCCOCCOCC(=O)O. The van der Waals surface area contributed by atoms with Gasteiger partial charge in [0.05, 0.1) is 26.4 Å². The molecule has 0 amide bonds. The monoisotopic (exact) mass is 430 g/mol. The molecule has 0 aromatic carbocycles. The van der Waals surface area contributed by atoms with Gasteiger partial charge in [0.15, 0.2) is 0 Å². The van der Waals surface area contributed by atoms with Gasteiger partial charge in [-0.05, 0) is 6.42 Å². The van der Waals surface area contributed by atoms with Crippen molar-refractivity contribution in [1.82, 2.24) is 0 Å². The molecule has 0 aromatic rings. The van der Waals surface area contributed by atoms with Crippen LogP contribution in [-0.2, 0) is 19.0 Å². The number of carboxylic acid groups (broad SMARTS) is 1. The molecule has 1 N–H and O–H groups in total. The maximum atomic E-state index is 10.2. The van der Waals surface area contributed by atoms with E-state index < -0.39 is 5.97 Å². The van der Waals surface area contributed by atoms with E-state index in [0.717, 1.165) is 13.0 Å². The van der Waals surface area contributed by atoms with Crippen molar-refractivity contribution in [3.8, 4) is 0 Å². The third-order valence-electron chi connectivity index (χ3n) is 5.36. The Kier molecular flexibility index (Phi) is 25.8. The van der Waals surface area contributed by atoms with Gasteiger partial charge in [0.25, 0.3) is 0 Å². The molecule has 0 heterocycles. The normalized spacial score (nSPS) is 11.2. The van der Waals surface area contributed by atoms with Gasteiger partial charge in [-0.15, -0.1) is 0 Å². The summed E-state index contributed by atoms with van der Waals surface area (Å²) < 4.78 is 15.7. The number of unbranched alkanes of at least 4 members (excludes halogenated alkanes) is 16. The first-order valence-corrected chi connectivity index (χ1v) is 12.7. The molecule has 30 heavy (non-hydrogen) atoms. The second-order valence-corrected chi connectivity index (χ2v) is 8.33. The molecule has 5 heteroatoms. The summed E-state index contributed by atoms with van der Waals surface area (Å²) >= 11 is 0. The zero-order valence-corrected chi connectivity index (χ0v) is 19.8. The molecule has 0 saturated carbocycles. The van der Waals surface area contributed by atoms with Gasteiger partial charge in [-0.3, -0.25) is 0 Å². The molecular formula is C25H50O5. The van der Waals surface area contributed by atoms with Crippen LogP contribution in [0, 0.1) is 0 Å². The second-order valence-electron chi connectivity index (χ2n) is 8.33. The van der Waals surface area contributed by atoms with Crippen LogP contribution in [0.3, 0.4) is 0 Å².